The van der Waals surface area contributed by atoms with Gasteiger partial charge in [-0.3, -0.25) is 0 Å². The first kappa shape index (κ1) is 16.8. The molecule has 0 aromatic carbocycles. The molecule has 0 rings (SSSR count). The second kappa shape index (κ2) is 8.85. The number of hydrogen-bond acceptors (Lipinski definition) is 4. The van der Waals surface area contributed by atoms with E-state index >= 15 is 0 Å². The van der Waals surface area contributed by atoms with Gasteiger partial charge >= 0.3 is 0 Å². The van der Waals surface area contributed by atoms with Crippen LogP contribution in [-0.4, -0.2) is 58.8 Å². The van der Waals surface area contributed by atoms with Gasteiger partial charge in [0.1, 0.15) is 0 Å². The van der Waals surface area contributed by atoms with Crippen LogP contribution in [0.1, 0.15) is 26.7 Å². The normalized spacial score (nSPS) is 14.2. The molecule has 1 unspecified atom stereocenters. The maximum absolute atomic E-state index is 11.8. The molecular formula is C11H27N3O2S. The Morgan fingerprint density at radius 3 is 2.41 bits per heavy atom. The van der Waals surface area contributed by atoms with Gasteiger partial charge in [0.15, 0.2) is 0 Å². The van der Waals surface area contributed by atoms with Gasteiger partial charge in [0.2, 0.25) is 10.0 Å². The van der Waals surface area contributed by atoms with Crippen LogP contribution in [0.2, 0.25) is 0 Å². The van der Waals surface area contributed by atoms with E-state index in [-0.39, 0.29) is 5.25 Å². The van der Waals surface area contributed by atoms with E-state index in [1.54, 1.807) is 6.92 Å². The van der Waals surface area contributed by atoms with Crippen LogP contribution in [0.25, 0.3) is 0 Å². The standard InChI is InChI=1S/C11H27N3O2S/c1-5-12-10-11(2)17(15,16)13-8-6-7-9-14(3)4/h11-13H,5-10H2,1-4H3. The molecule has 0 radical (unpaired) electrons. The van der Waals surface area contributed by atoms with Gasteiger partial charge in [0.05, 0.1) is 5.25 Å². The molecular weight excluding hydrogens is 238 g/mol. The molecule has 2 N–H and O–H groups in total. The molecule has 0 aliphatic carbocycles. The molecule has 0 heterocycles. The van der Waals surface area contributed by atoms with Crippen LogP contribution in [0.15, 0.2) is 0 Å². The summed E-state index contributed by atoms with van der Waals surface area (Å²) in [4.78, 5) is 2.10. The smallest absolute Gasteiger partial charge is 0.215 e. The highest BCUT2D eigenvalue weighted by Crippen LogP contribution is 1.98. The Morgan fingerprint density at radius 2 is 1.88 bits per heavy atom. The predicted molar refractivity (Wildman–Crippen MR) is 72.7 cm³/mol. The SMILES string of the molecule is CCNCC(C)S(=O)(=O)NCCCCN(C)C. The average molecular weight is 265 g/mol. The first-order chi connectivity index (χ1) is 7.90. The van der Waals surface area contributed by atoms with E-state index < -0.39 is 10.0 Å². The Bertz CT molecular complexity index is 278. The molecule has 0 aromatic heterocycles. The molecule has 0 saturated heterocycles. The van der Waals surface area contributed by atoms with Gasteiger partial charge in [-0.05, 0) is 47.0 Å². The van der Waals surface area contributed by atoms with Crippen molar-refractivity contribution in [3.63, 3.8) is 0 Å². The van der Waals surface area contributed by atoms with Crippen LogP contribution < -0.4 is 10.0 Å². The minimum atomic E-state index is -3.16. The van der Waals surface area contributed by atoms with Crippen LogP contribution in [-0.2, 0) is 10.0 Å². The van der Waals surface area contributed by atoms with Crippen molar-refractivity contribution >= 4 is 10.0 Å². The quantitative estimate of drug-likeness (QED) is 0.556. The average Bonchev–Trinajstić information content (AvgIpc) is 2.24. The minimum absolute atomic E-state index is 0.378. The third kappa shape index (κ3) is 8.54. The topological polar surface area (TPSA) is 61.4 Å². The highest BCUT2D eigenvalue weighted by Gasteiger charge is 2.18. The number of sulfonamides is 1. The Morgan fingerprint density at radius 1 is 1.24 bits per heavy atom. The maximum Gasteiger partial charge on any atom is 0.215 e. The van der Waals surface area contributed by atoms with Crippen LogP contribution in [0.4, 0.5) is 0 Å². The number of nitrogens with zero attached hydrogens (tertiary/aromatic N) is 1. The van der Waals surface area contributed by atoms with Crippen molar-refractivity contribution in [1.29, 1.82) is 0 Å². The number of rotatable bonds is 10. The lowest BCUT2D eigenvalue weighted by Crippen LogP contribution is -2.39. The van der Waals surface area contributed by atoms with E-state index in [2.05, 4.69) is 14.9 Å². The number of hydrogen-bond donors (Lipinski definition) is 2. The second-order valence-electron chi connectivity index (χ2n) is 4.57. The first-order valence-electron chi connectivity index (χ1n) is 6.24. The lowest BCUT2D eigenvalue weighted by Gasteiger charge is -2.14. The Kier molecular flexibility index (Phi) is 8.77. The number of nitrogens with one attached hydrogen (secondary N) is 2. The summed E-state index contributed by atoms with van der Waals surface area (Å²) in [5.41, 5.74) is 0. The Hall–Kier alpha value is -0.170. The molecule has 0 spiro atoms. The Balaban J connectivity index is 3.77. The molecule has 0 bridgehead atoms. The highest BCUT2D eigenvalue weighted by molar-refractivity contribution is 7.90. The highest BCUT2D eigenvalue weighted by atomic mass is 32.2. The summed E-state index contributed by atoms with van der Waals surface area (Å²) < 4.78 is 26.2. The van der Waals surface area contributed by atoms with E-state index in [0.717, 1.165) is 25.9 Å². The Labute approximate surface area is 106 Å². The predicted octanol–water partition coefficient (Wildman–Crippen LogP) is 0.246. The summed E-state index contributed by atoms with van der Waals surface area (Å²) in [6.45, 7) is 6.52. The molecule has 0 aliphatic rings. The van der Waals surface area contributed by atoms with Crippen molar-refractivity contribution < 1.29 is 8.42 Å². The molecule has 6 heteroatoms. The molecule has 0 aliphatic heterocycles. The van der Waals surface area contributed by atoms with Gasteiger partial charge in [-0.2, -0.15) is 0 Å². The summed E-state index contributed by atoms with van der Waals surface area (Å²) in [7, 11) is 0.874. The minimum Gasteiger partial charge on any atom is -0.316 e. The lowest BCUT2D eigenvalue weighted by atomic mass is 10.3. The van der Waals surface area contributed by atoms with Crippen molar-refractivity contribution in [3.8, 4) is 0 Å². The summed E-state index contributed by atoms with van der Waals surface area (Å²) in [6, 6.07) is 0. The van der Waals surface area contributed by atoms with Crippen molar-refractivity contribution in [1.82, 2.24) is 14.9 Å². The molecule has 0 amide bonds. The van der Waals surface area contributed by atoms with E-state index in [4.69, 9.17) is 0 Å². The molecule has 5 nitrogen and oxygen atoms in total. The largest absolute Gasteiger partial charge is 0.316 e. The van der Waals surface area contributed by atoms with Crippen molar-refractivity contribution in [2.75, 3.05) is 40.3 Å². The fourth-order valence-corrected chi connectivity index (χ4v) is 2.42. The summed E-state index contributed by atoms with van der Waals surface area (Å²) in [5.74, 6) is 0. The lowest BCUT2D eigenvalue weighted by molar-refractivity contribution is 0.394. The van der Waals surface area contributed by atoms with Crippen LogP contribution in [0.5, 0.6) is 0 Å². The molecule has 0 aromatic rings. The van der Waals surface area contributed by atoms with Gasteiger partial charge in [-0.1, -0.05) is 6.92 Å². The maximum atomic E-state index is 11.8. The summed E-state index contributed by atoms with van der Waals surface area (Å²) >= 11 is 0. The van der Waals surface area contributed by atoms with Crippen molar-refractivity contribution in [2.24, 2.45) is 0 Å². The third-order valence-corrected chi connectivity index (χ3v) is 4.38. The van der Waals surface area contributed by atoms with Crippen molar-refractivity contribution in [3.05, 3.63) is 0 Å². The zero-order valence-electron chi connectivity index (χ0n) is 11.5. The monoisotopic (exact) mass is 265 g/mol. The van der Waals surface area contributed by atoms with Gasteiger partial charge in [0.25, 0.3) is 0 Å². The van der Waals surface area contributed by atoms with Gasteiger partial charge in [-0.15, -0.1) is 0 Å². The van der Waals surface area contributed by atoms with Gasteiger partial charge in [-0.25, -0.2) is 13.1 Å². The summed E-state index contributed by atoms with van der Waals surface area (Å²) in [5, 5.41) is 2.67. The molecule has 0 saturated carbocycles. The molecule has 0 fully saturated rings. The van der Waals surface area contributed by atoms with Gasteiger partial charge < -0.3 is 10.2 Å². The van der Waals surface area contributed by atoms with E-state index in [9.17, 15) is 8.42 Å². The molecule has 1 atom stereocenters. The third-order valence-electron chi connectivity index (χ3n) is 2.55. The van der Waals surface area contributed by atoms with E-state index in [1.807, 2.05) is 21.0 Å². The number of unbranched alkanes of at least 4 members (excludes halogenated alkanes) is 1. The first-order valence-corrected chi connectivity index (χ1v) is 7.78. The fraction of sp³-hybridized carbons (Fsp3) is 1.00. The van der Waals surface area contributed by atoms with Crippen LogP contribution in [0, 0.1) is 0 Å². The summed E-state index contributed by atoms with van der Waals surface area (Å²) in [6.07, 6.45) is 1.89. The zero-order chi connectivity index (χ0) is 13.3. The molecule has 17 heavy (non-hydrogen) atoms. The fourth-order valence-electron chi connectivity index (χ4n) is 1.37. The van der Waals surface area contributed by atoms with Gasteiger partial charge in [0, 0.05) is 13.1 Å². The zero-order valence-corrected chi connectivity index (χ0v) is 12.3. The molecule has 104 valence electrons. The van der Waals surface area contributed by atoms with E-state index in [0.29, 0.717) is 13.1 Å². The second-order valence-corrected chi connectivity index (χ2v) is 6.75. The van der Waals surface area contributed by atoms with Crippen LogP contribution >= 0.6 is 0 Å². The van der Waals surface area contributed by atoms with Crippen molar-refractivity contribution in [2.45, 2.75) is 31.9 Å². The van der Waals surface area contributed by atoms with Crippen LogP contribution in [0.3, 0.4) is 0 Å². The van der Waals surface area contributed by atoms with E-state index in [1.165, 1.54) is 0 Å².